The third-order valence-corrected chi connectivity index (χ3v) is 4.70. The van der Waals surface area contributed by atoms with Gasteiger partial charge in [-0.05, 0) is 25.0 Å². The second kappa shape index (κ2) is 11.3. The average molecular weight is 360 g/mol. The van der Waals surface area contributed by atoms with Crippen LogP contribution in [0.5, 0.6) is 0 Å². The number of aliphatic hydroxyl groups is 1. The van der Waals surface area contributed by atoms with Crippen molar-refractivity contribution in [2.45, 2.75) is 26.5 Å². The zero-order valence-corrected chi connectivity index (χ0v) is 16.1. The number of aryl methyl sites for hydroxylation is 2. The monoisotopic (exact) mass is 360 g/mol. The first kappa shape index (κ1) is 20.9. The third kappa shape index (κ3) is 7.45. The molecule has 1 saturated heterocycles. The Morgan fingerprint density at radius 3 is 2.85 bits per heavy atom. The summed E-state index contributed by atoms with van der Waals surface area (Å²) in [6, 6.07) is 6.54. The smallest absolute Gasteiger partial charge is 0.107 e. The van der Waals surface area contributed by atoms with Crippen LogP contribution in [0.25, 0.3) is 0 Å². The van der Waals surface area contributed by atoms with Crippen LogP contribution in [0.2, 0.25) is 0 Å². The average Bonchev–Trinajstić information content (AvgIpc) is 2.64. The minimum absolute atomic E-state index is 0.238. The van der Waals surface area contributed by atoms with Crippen molar-refractivity contribution < 1.29 is 14.6 Å². The number of benzene rings is 1. The first-order valence-corrected chi connectivity index (χ1v) is 9.36. The second-order valence-corrected chi connectivity index (χ2v) is 6.99. The Labute approximate surface area is 157 Å². The van der Waals surface area contributed by atoms with E-state index in [0.29, 0.717) is 6.54 Å². The molecule has 1 fully saturated rings. The zero-order chi connectivity index (χ0) is 18.8. The maximum absolute atomic E-state index is 10.3. The SMILES string of the molecule is C#CCOCC(O)CN(CCN1CCOCC1)Cc1cc(C)ccc1C. The molecule has 1 aliphatic heterocycles. The van der Waals surface area contributed by atoms with E-state index < -0.39 is 6.10 Å². The van der Waals surface area contributed by atoms with Crippen molar-refractivity contribution in [3.8, 4) is 12.3 Å². The molecule has 5 nitrogen and oxygen atoms in total. The van der Waals surface area contributed by atoms with E-state index in [2.05, 4.69) is 47.8 Å². The predicted molar refractivity (Wildman–Crippen MR) is 104 cm³/mol. The van der Waals surface area contributed by atoms with Crippen molar-refractivity contribution in [3.63, 3.8) is 0 Å². The van der Waals surface area contributed by atoms with E-state index in [0.717, 1.165) is 45.9 Å². The van der Waals surface area contributed by atoms with Gasteiger partial charge in [-0.3, -0.25) is 9.80 Å². The summed E-state index contributed by atoms with van der Waals surface area (Å²) < 4.78 is 10.7. The van der Waals surface area contributed by atoms with E-state index in [1.165, 1.54) is 16.7 Å². The Hall–Kier alpha value is -1.42. The Morgan fingerprint density at radius 2 is 2.12 bits per heavy atom. The number of rotatable bonds is 10. The lowest BCUT2D eigenvalue weighted by Gasteiger charge is -2.31. The van der Waals surface area contributed by atoms with Gasteiger partial charge in [0.25, 0.3) is 0 Å². The van der Waals surface area contributed by atoms with Gasteiger partial charge in [-0.15, -0.1) is 6.42 Å². The molecule has 1 aromatic carbocycles. The fraction of sp³-hybridized carbons (Fsp3) is 0.619. The molecular weight excluding hydrogens is 328 g/mol. The number of hydrogen-bond acceptors (Lipinski definition) is 5. The Bertz CT molecular complexity index is 579. The van der Waals surface area contributed by atoms with Crippen LogP contribution in [0.1, 0.15) is 16.7 Å². The highest BCUT2D eigenvalue weighted by Crippen LogP contribution is 2.14. The lowest BCUT2D eigenvalue weighted by Crippen LogP contribution is -2.43. The molecule has 1 unspecified atom stereocenters. The van der Waals surface area contributed by atoms with Crippen LogP contribution < -0.4 is 0 Å². The molecule has 1 heterocycles. The summed E-state index contributed by atoms with van der Waals surface area (Å²) in [6.07, 6.45) is 4.65. The Morgan fingerprint density at radius 1 is 1.35 bits per heavy atom. The van der Waals surface area contributed by atoms with Gasteiger partial charge in [0.1, 0.15) is 6.61 Å². The fourth-order valence-electron chi connectivity index (χ4n) is 3.16. The standard InChI is InChI=1S/C21H32N2O3/c1-4-11-26-17-21(24)16-23(8-7-22-9-12-25-13-10-22)15-20-14-18(2)5-6-19(20)3/h1,5-6,14,21,24H,7-13,15-17H2,2-3H3. The van der Waals surface area contributed by atoms with Gasteiger partial charge in [0.05, 0.1) is 25.9 Å². The molecule has 1 aromatic rings. The maximum Gasteiger partial charge on any atom is 0.107 e. The van der Waals surface area contributed by atoms with Gasteiger partial charge in [0.2, 0.25) is 0 Å². The van der Waals surface area contributed by atoms with Crippen LogP contribution in [0.4, 0.5) is 0 Å². The summed E-state index contributed by atoms with van der Waals surface area (Å²) in [7, 11) is 0. The molecule has 0 amide bonds. The first-order chi connectivity index (χ1) is 12.6. The molecule has 26 heavy (non-hydrogen) atoms. The molecule has 1 aliphatic rings. The summed E-state index contributed by atoms with van der Waals surface area (Å²) in [6.45, 7) is 11.6. The number of morpholine rings is 1. The largest absolute Gasteiger partial charge is 0.389 e. The number of hydrogen-bond donors (Lipinski definition) is 1. The molecule has 1 atom stereocenters. The molecular formula is C21H32N2O3. The number of terminal acetylenes is 1. The summed E-state index contributed by atoms with van der Waals surface area (Å²) in [5.74, 6) is 2.43. The van der Waals surface area contributed by atoms with E-state index in [9.17, 15) is 5.11 Å². The molecule has 0 spiro atoms. The molecule has 144 valence electrons. The highest BCUT2D eigenvalue weighted by atomic mass is 16.5. The first-order valence-electron chi connectivity index (χ1n) is 9.36. The van der Waals surface area contributed by atoms with Gasteiger partial charge < -0.3 is 14.6 Å². The van der Waals surface area contributed by atoms with Gasteiger partial charge >= 0.3 is 0 Å². The Kier molecular flexibility index (Phi) is 9.10. The van der Waals surface area contributed by atoms with Gasteiger partial charge in [-0.25, -0.2) is 0 Å². The number of ether oxygens (including phenoxy) is 2. The van der Waals surface area contributed by atoms with Crippen LogP contribution in [-0.4, -0.2) is 80.2 Å². The fourth-order valence-corrected chi connectivity index (χ4v) is 3.16. The molecule has 1 N–H and O–H groups in total. The molecule has 5 heteroatoms. The molecule has 2 rings (SSSR count). The van der Waals surface area contributed by atoms with E-state index in [1.807, 2.05) is 0 Å². The lowest BCUT2D eigenvalue weighted by atomic mass is 10.0. The highest BCUT2D eigenvalue weighted by molar-refractivity contribution is 5.30. The van der Waals surface area contributed by atoms with E-state index in [1.54, 1.807) is 0 Å². The van der Waals surface area contributed by atoms with Gasteiger partial charge in [0.15, 0.2) is 0 Å². The summed E-state index contributed by atoms with van der Waals surface area (Å²) in [4.78, 5) is 4.72. The quantitative estimate of drug-likeness (QED) is 0.505. The summed E-state index contributed by atoms with van der Waals surface area (Å²) in [5, 5.41) is 10.3. The van der Waals surface area contributed by atoms with Crippen molar-refractivity contribution in [2.75, 3.05) is 59.2 Å². The van der Waals surface area contributed by atoms with Crippen molar-refractivity contribution in [1.29, 1.82) is 0 Å². The minimum atomic E-state index is -0.543. The molecule has 0 bridgehead atoms. The van der Waals surface area contributed by atoms with E-state index in [4.69, 9.17) is 15.9 Å². The lowest BCUT2D eigenvalue weighted by molar-refractivity contribution is 0.0136. The zero-order valence-electron chi connectivity index (χ0n) is 16.1. The molecule has 0 aromatic heterocycles. The molecule has 0 saturated carbocycles. The number of aliphatic hydroxyl groups excluding tert-OH is 1. The molecule has 0 radical (unpaired) electrons. The normalized spacial score (nSPS) is 16.6. The molecule has 0 aliphatic carbocycles. The topological polar surface area (TPSA) is 45.2 Å². The van der Waals surface area contributed by atoms with E-state index >= 15 is 0 Å². The van der Waals surface area contributed by atoms with E-state index in [-0.39, 0.29) is 13.2 Å². The second-order valence-electron chi connectivity index (χ2n) is 6.99. The number of nitrogens with zero attached hydrogens (tertiary/aromatic N) is 2. The summed E-state index contributed by atoms with van der Waals surface area (Å²) >= 11 is 0. The predicted octanol–water partition coefficient (Wildman–Crippen LogP) is 1.45. The van der Waals surface area contributed by atoms with Crippen molar-refractivity contribution in [3.05, 3.63) is 34.9 Å². The van der Waals surface area contributed by atoms with Crippen molar-refractivity contribution in [1.82, 2.24) is 9.80 Å². The van der Waals surface area contributed by atoms with Crippen LogP contribution in [-0.2, 0) is 16.0 Å². The Balaban J connectivity index is 1.94. The van der Waals surface area contributed by atoms with Crippen LogP contribution in [0.3, 0.4) is 0 Å². The van der Waals surface area contributed by atoms with Gasteiger partial charge in [-0.2, -0.15) is 0 Å². The minimum Gasteiger partial charge on any atom is -0.389 e. The third-order valence-electron chi connectivity index (χ3n) is 4.70. The van der Waals surface area contributed by atoms with Crippen LogP contribution >= 0.6 is 0 Å². The van der Waals surface area contributed by atoms with Crippen molar-refractivity contribution in [2.24, 2.45) is 0 Å². The van der Waals surface area contributed by atoms with Gasteiger partial charge in [-0.1, -0.05) is 29.7 Å². The maximum atomic E-state index is 10.3. The highest BCUT2D eigenvalue weighted by Gasteiger charge is 2.16. The summed E-state index contributed by atoms with van der Waals surface area (Å²) in [5.41, 5.74) is 3.85. The van der Waals surface area contributed by atoms with Crippen molar-refractivity contribution >= 4 is 0 Å². The van der Waals surface area contributed by atoms with Gasteiger partial charge in [0, 0.05) is 39.3 Å². The van der Waals surface area contributed by atoms with Crippen LogP contribution in [0.15, 0.2) is 18.2 Å². The van der Waals surface area contributed by atoms with Crippen LogP contribution in [0, 0.1) is 26.2 Å².